The minimum atomic E-state index is -0.507. The van der Waals surface area contributed by atoms with Crippen molar-refractivity contribution in [2.75, 3.05) is 6.54 Å². The minimum absolute atomic E-state index is 0.0745. The van der Waals surface area contributed by atoms with E-state index in [9.17, 15) is 4.79 Å². The number of nitrogens with zero attached hydrogens (tertiary/aromatic N) is 2. The highest BCUT2D eigenvalue weighted by atomic mass is 16.2. The third-order valence-electron chi connectivity index (χ3n) is 2.71. The Morgan fingerprint density at radius 1 is 1.44 bits per heavy atom. The Morgan fingerprint density at radius 3 is 2.67 bits per heavy atom. The molecule has 1 aromatic carbocycles. The van der Waals surface area contributed by atoms with E-state index < -0.39 is 6.04 Å². The maximum Gasteiger partial charge on any atom is 0.240 e. The summed E-state index contributed by atoms with van der Waals surface area (Å²) < 4.78 is 0. The molecular formula is C14H19N3O. The number of nitrogens with two attached hydrogens (primary N) is 1. The van der Waals surface area contributed by atoms with Crippen molar-refractivity contribution >= 4 is 5.91 Å². The van der Waals surface area contributed by atoms with Crippen LogP contribution in [0.15, 0.2) is 30.3 Å². The second kappa shape index (κ2) is 7.46. The van der Waals surface area contributed by atoms with Crippen LogP contribution in [0.2, 0.25) is 0 Å². The highest BCUT2D eigenvalue weighted by molar-refractivity contribution is 5.81. The van der Waals surface area contributed by atoms with Crippen molar-refractivity contribution in [2.24, 2.45) is 5.73 Å². The van der Waals surface area contributed by atoms with Crippen molar-refractivity contribution in [3.63, 3.8) is 0 Å². The number of hydrogen-bond acceptors (Lipinski definition) is 3. The third-order valence-corrected chi connectivity index (χ3v) is 2.71. The Morgan fingerprint density at radius 2 is 2.11 bits per heavy atom. The highest BCUT2D eigenvalue weighted by Crippen LogP contribution is 2.07. The molecule has 0 aliphatic heterocycles. The number of carbonyl (C=O) groups excluding carboxylic acids is 1. The lowest BCUT2D eigenvalue weighted by atomic mass is 10.1. The first kappa shape index (κ1) is 14.2. The second-order valence-corrected chi connectivity index (χ2v) is 4.23. The van der Waals surface area contributed by atoms with Crippen LogP contribution >= 0.6 is 0 Å². The van der Waals surface area contributed by atoms with Crippen LogP contribution in [0.5, 0.6) is 0 Å². The van der Waals surface area contributed by atoms with E-state index >= 15 is 0 Å². The molecule has 1 aromatic rings. The van der Waals surface area contributed by atoms with E-state index in [2.05, 4.69) is 0 Å². The summed E-state index contributed by atoms with van der Waals surface area (Å²) in [5.41, 5.74) is 6.82. The van der Waals surface area contributed by atoms with Crippen molar-refractivity contribution < 1.29 is 4.79 Å². The molecule has 4 nitrogen and oxygen atoms in total. The first-order valence-corrected chi connectivity index (χ1v) is 6.14. The summed E-state index contributed by atoms with van der Waals surface area (Å²) in [6.07, 6.45) is 1.51. The standard InChI is InChI=1S/C14H19N3O/c1-2-6-13(16)14(18)17(10-9-15)11-12-7-4-3-5-8-12/h3-5,7-8,13H,2,6,10-11,16H2,1H3. The van der Waals surface area contributed by atoms with Crippen LogP contribution < -0.4 is 5.73 Å². The first-order valence-electron chi connectivity index (χ1n) is 6.14. The van der Waals surface area contributed by atoms with Gasteiger partial charge in [-0.25, -0.2) is 0 Å². The fourth-order valence-electron chi connectivity index (χ4n) is 1.77. The fourth-order valence-corrected chi connectivity index (χ4v) is 1.77. The molecule has 18 heavy (non-hydrogen) atoms. The molecule has 0 saturated heterocycles. The van der Waals surface area contributed by atoms with Gasteiger partial charge in [0.2, 0.25) is 5.91 Å². The van der Waals surface area contributed by atoms with Gasteiger partial charge in [-0.15, -0.1) is 0 Å². The van der Waals surface area contributed by atoms with Gasteiger partial charge in [0.25, 0.3) is 0 Å². The van der Waals surface area contributed by atoms with Crippen molar-refractivity contribution in [1.82, 2.24) is 4.90 Å². The second-order valence-electron chi connectivity index (χ2n) is 4.23. The number of rotatable bonds is 6. The van der Waals surface area contributed by atoms with Crippen LogP contribution in [0, 0.1) is 11.3 Å². The predicted molar refractivity (Wildman–Crippen MR) is 70.4 cm³/mol. The van der Waals surface area contributed by atoms with E-state index in [0.717, 1.165) is 12.0 Å². The zero-order valence-corrected chi connectivity index (χ0v) is 10.7. The summed E-state index contributed by atoms with van der Waals surface area (Å²) in [6, 6.07) is 11.1. The molecule has 1 rings (SSSR count). The van der Waals surface area contributed by atoms with E-state index in [4.69, 9.17) is 11.0 Å². The fraction of sp³-hybridized carbons (Fsp3) is 0.429. The first-order chi connectivity index (χ1) is 8.69. The average Bonchev–Trinajstić information content (AvgIpc) is 2.39. The van der Waals surface area contributed by atoms with E-state index in [0.29, 0.717) is 13.0 Å². The quantitative estimate of drug-likeness (QED) is 0.775. The molecule has 0 aliphatic carbocycles. The van der Waals surface area contributed by atoms with Crippen LogP contribution in [0.4, 0.5) is 0 Å². The van der Waals surface area contributed by atoms with Gasteiger partial charge in [-0.2, -0.15) is 5.26 Å². The third kappa shape index (κ3) is 4.19. The van der Waals surface area contributed by atoms with Crippen molar-refractivity contribution in [3.05, 3.63) is 35.9 Å². The molecule has 0 heterocycles. The minimum Gasteiger partial charge on any atom is -0.324 e. The van der Waals surface area contributed by atoms with Gasteiger partial charge in [0.1, 0.15) is 6.54 Å². The largest absolute Gasteiger partial charge is 0.324 e. The summed E-state index contributed by atoms with van der Waals surface area (Å²) in [4.78, 5) is 13.6. The Balaban J connectivity index is 2.71. The summed E-state index contributed by atoms with van der Waals surface area (Å²) in [6.45, 7) is 2.49. The molecule has 0 aromatic heterocycles. The number of amides is 1. The smallest absolute Gasteiger partial charge is 0.240 e. The summed E-state index contributed by atoms with van der Waals surface area (Å²) in [7, 11) is 0. The Bertz CT molecular complexity index is 411. The van der Waals surface area contributed by atoms with Crippen LogP contribution in [-0.4, -0.2) is 23.4 Å². The van der Waals surface area contributed by atoms with E-state index in [-0.39, 0.29) is 12.5 Å². The summed E-state index contributed by atoms with van der Waals surface area (Å²) in [5, 5.41) is 8.79. The van der Waals surface area contributed by atoms with E-state index in [1.54, 1.807) is 0 Å². The number of nitriles is 1. The number of carbonyl (C=O) groups is 1. The molecule has 1 unspecified atom stereocenters. The molecule has 2 N–H and O–H groups in total. The summed E-state index contributed by atoms with van der Waals surface area (Å²) >= 11 is 0. The zero-order chi connectivity index (χ0) is 13.4. The molecule has 4 heteroatoms. The normalized spacial score (nSPS) is 11.6. The van der Waals surface area contributed by atoms with Gasteiger partial charge in [0.15, 0.2) is 0 Å². The number of benzene rings is 1. The van der Waals surface area contributed by atoms with E-state index in [1.807, 2.05) is 43.3 Å². The maximum atomic E-state index is 12.1. The molecule has 0 saturated carbocycles. The highest BCUT2D eigenvalue weighted by Gasteiger charge is 2.20. The molecular weight excluding hydrogens is 226 g/mol. The lowest BCUT2D eigenvalue weighted by Gasteiger charge is -2.23. The molecule has 1 atom stereocenters. The SMILES string of the molecule is CCCC(N)C(=O)N(CC#N)Cc1ccccc1. The zero-order valence-electron chi connectivity index (χ0n) is 10.7. The molecule has 1 amide bonds. The van der Waals surface area contributed by atoms with Crippen LogP contribution in [0.25, 0.3) is 0 Å². The number of hydrogen-bond donors (Lipinski definition) is 1. The lowest BCUT2D eigenvalue weighted by molar-refractivity contribution is -0.132. The van der Waals surface area contributed by atoms with Crippen LogP contribution in [0.1, 0.15) is 25.3 Å². The van der Waals surface area contributed by atoms with Gasteiger partial charge in [-0.3, -0.25) is 4.79 Å². The molecule has 96 valence electrons. The van der Waals surface area contributed by atoms with Crippen molar-refractivity contribution in [2.45, 2.75) is 32.4 Å². The predicted octanol–water partition coefficient (Wildman–Crippen LogP) is 1.67. The van der Waals surface area contributed by atoms with Gasteiger partial charge in [-0.1, -0.05) is 43.7 Å². The van der Waals surface area contributed by atoms with Crippen LogP contribution in [0.3, 0.4) is 0 Å². The lowest BCUT2D eigenvalue weighted by Crippen LogP contribution is -2.43. The van der Waals surface area contributed by atoms with Crippen molar-refractivity contribution in [3.8, 4) is 6.07 Å². The Kier molecular flexibility index (Phi) is 5.89. The molecule has 0 radical (unpaired) electrons. The molecule has 0 aliphatic rings. The monoisotopic (exact) mass is 245 g/mol. The molecule has 0 fully saturated rings. The van der Waals surface area contributed by atoms with Crippen LogP contribution in [-0.2, 0) is 11.3 Å². The van der Waals surface area contributed by atoms with Gasteiger partial charge < -0.3 is 10.6 Å². The molecule has 0 spiro atoms. The maximum absolute atomic E-state index is 12.1. The van der Waals surface area contributed by atoms with Gasteiger partial charge in [0.05, 0.1) is 12.1 Å². The van der Waals surface area contributed by atoms with Gasteiger partial charge in [0, 0.05) is 6.54 Å². The van der Waals surface area contributed by atoms with E-state index in [1.165, 1.54) is 4.90 Å². The average molecular weight is 245 g/mol. The Labute approximate surface area is 108 Å². The van der Waals surface area contributed by atoms with Gasteiger partial charge >= 0.3 is 0 Å². The van der Waals surface area contributed by atoms with Crippen molar-refractivity contribution in [1.29, 1.82) is 5.26 Å². The Hall–Kier alpha value is -1.86. The topological polar surface area (TPSA) is 70.1 Å². The van der Waals surface area contributed by atoms with Gasteiger partial charge in [-0.05, 0) is 12.0 Å². The summed E-state index contributed by atoms with van der Waals surface area (Å²) in [5.74, 6) is -0.151. The molecule has 0 bridgehead atoms.